The normalized spacial score (nSPS) is 19.6. The molecule has 1 fully saturated rings. The maximum absolute atomic E-state index is 12.2. The van der Waals surface area contributed by atoms with Gasteiger partial charge in [-0.3, -0.25) is 4.79 Å². The van der Waals surface area contributed by atoms with E-state index in [9.17, 15) is 4.79 Å². The fourth-order valence-electron chi connectivity index (χ4n) is 1.93. The van der Waals surface area contributed by atoms with Crippen molar-refractivity contribution < 1.29 is 4.79 Å². The Kier molecular flexibility index (Phi) is 5.25. The monoisotopic (exact) mass is 274 g/mol. The van der Waals surface area contributed by atoms with Crippen molar-refractivity contribution in [2.24, 2.45) is 0 Å². The number of halogens is 2. The van der Waals surface area contributed by atoms with E-state index in [0.717, 1.165) is 19.6 Å². The van der Waals surface area contributed by atoms with Gasteiger partial charge in [0, 0.05) is 36.3 Å². The summed E-state index contributed by atoms with van der Waals surface area (Å²) in [5, 5.41) is 3.87. The van der Waals surface area contributed by atoms with E-state index in [1.165, 1.54) is 0 Å². The van der Waals surface area contributed by atoms with Gasteiger partial charge < -0.3 is 10.2 Å². The molecule has 1 aromatic rings. The topological polar surface area (TPSA) is 32.3 Å². The quantitative estimate of drug-likeness (QED) is 0.852. The fourth-order valence-corrected chi connectivity index (χ4v) is 2.12. The number of nitrogens with zero attached hydrogens (tertiary/aromatic N) is 1. The van der Waals surface area contributed by atoms with Crippen LogP contribution in [-0.2, 0) is 0 Å². The van der Waals surface area contributed by atoms with E-state index < -0.39 is 0 Å². The van der Waals surface area contributed by atoms with Crippen LogP contribution in [0.5, 0.6) is 0 Å². The smallest absolute Gasteiger partial charge is 0.254 e. The summed E-state index contributed by atoms with van der Waals surface area (Å²) in [6, 6.07) is 7.35. The lowest BCUT2D eigenvalue weighted by atomic mass is 10.1. The molecule has 0 aliphatic carbocycles. The van der Waals surface area contributed by atoms with E-state index in [1.54, 1.807) is 12.1 Å². The number of hydrogen-bond acceptors (Lipinski definition) is 2. The standard InChI is InChI=1S/C12H15ClN2O.ClH/c1-9-8-14-5-6-15(9)12(16)10-3-2-4-11(13)7-10;/h2-4,7,9,14H,5-6,8H2,1H3;1H/t9-;/m1./s1. The van der Waals surface area contributed by atoms with Crippen LogP contribution in [0.4, 0.5) is 0 Å². The first-order valence-electron chi connectivity index (χ1n) is 5.46. The molecule has 1 atom stereocenters. The molecule has 94 valence electrons. The van der Waals surface area contributed by atoms with Crippen LogP contribution in [0.2, 0.25) is 5.02 Å². The van der Waals surface area contributed by atoms with Gasteiger partial charge in [0.05, 0.1) is 0 Å². The molecule has 1 aromatic carbocycles. The summed E-state index contributed by atoms with van der Waals surface area (Å²) in [4.78, 5) is 14.1. The predicted molar refractivity (Wildman–Crippen MR) is 72.1 cm³/mol. The molecule has 1 N–H and O–H groups in total. The molecule has 1 aliphatic heterocycles. The maximum atomic E-state index is 12.2. The minimum atomic E-state index is 0. The van der Waals surface area contributed by atoms with Crippen LogP contribution in [0.3, 0.4) is 0 Å². The molecule has 1 amide bonds. The van der Waals surface area contributed by atoms with Gasteiger partial charge in [0.2, 0.25) is 0 Å². The Hall–Kier alpha value is -0.770. The Balaban J connectivity index is 0.00000144. The summed E-state index contributed by atoms with van der Waals surface area (Å²) >= 11 is 5.88. The molecule has 3 nitrogen and oxygen atoms in total. The van der Waals surface area contributed by atoms with E-state index in [4.69, 9.17) is 11.6 Å². The first-order valence-corrected chi connectivity index (χ1v) is 5.83. The highest BCUT2D eigenvalue weighted by atomic mass is 35.5. The molecule has 0 spiro atoms. The molecule has 0 saturated carbocycles. The molecule has 17 heavy (non-hydrogen) atoms. The second kappa shape index (κ2) is 6.24. The van der Waals surface area contributed by atoms with Crippen molar-refractivity contribution in [1.29, 1.82) is 0 Å². The van der Waals surface area contributed by atoms with Gasteiger partial charge in [-0.15, -0.1) is 12.4 Å². The number of hydrogen-bond donors (Lipinski definition) is 1. The SMILES string of the molecule is C[C@@H]1CNCCN1C(=O)c1cccc(Cl)c1.Cl. The van der Waals surface area contributed by atoms with Crippen LogP contribution in [0.1, 0.15) is 17.3 Å². The van der Waals surface area contributed by atoms with Crippen molar-refractivity contribution in [3.63, 3.8) is 0 Å². The number of nitrogens with one attached hydrogen (secondary N) is 1. The van der Waals surface area contributed by atoms with Crippen molar-refractivity contribution in [1.82, 2.24) is 10.2 Å². The van der Waals surface area contributed by atoms with Gasteiger partial charge in [-0.2, -0.15) is 0 Å². The fraction of sp³-hybridized carbons (Fsp3) is 0.417. The van der Waals surface area contributed by atoms with Gasteiger partial charge in [-0.1, -0.05) is 17.7 Å². The highest BCUT2D eigenvalue weighted by Gasteiger charge is 2.23. The van der Waals surface area contributed by atoms with Crippen molar-refractivity contribution in [3.8, 4) is 0 Å². The average Bonchev–Trinajstić information content (AvgIpc) is 2.29. The Morgan fingerprint density at radius 3 is 2.94 bits per heavy atom. The predicted octanol–water partition coefficient (Wildman–Crippen LogP) is 2.20. The number of piperazine rings is 1. The Morgan fingerprint density at radius 2 is 2.29 bits per heavy atom. The molecule has 2 rings (SSSR count). The zero-order valence-electron chi connectivity index (χ0n) is 9.65. The number of carbonyl (C=O) groups excluding carboxylic acids is 1. The molecule has 0 aromatic heterocycles. The molecule has 0 bridgehead atoms. The molecule has 0 radical (unpaired) electrons. The molecule has 1 heterocycles. The van der Waals surface area contributed by atoms with Crippen LogP contribution < -0.4 is 5.32 Å². The van der Waals surface area contributed by atoms with Crippen molar-refractivity contribution in [3.05, 3.63) is 34.9 Å². The summed E-state index contributed by atoms with van der Waals surface area (Å²) in [5.41, 5.74) is 0.668. The third kappa shape index (κ3) is 3.35. The van der Waals surface area contributed by atoms with Gasteiger partial charge in [0.25, 0.3) is 5.91 Å². The van der Waals surface area contributed by atoms with Crippen molar-refractivity contribution in [2.75, 3.05) is 19.6 Å². The number of carbonyl (C=O) groups is 1. The second-order valence-electron chi connectivity index (χ2n) is 4.06. The summed E-state index contributed by atoms with van der Waals surface area (Å²) in [5.74, 6) is 0.0662. The zero-order chi connectivity index (χ0) is 11.5. The molecule has 0 unspecified atom stereocenters. The van der Waals surface area contributed by atoms with Crippen molar-refractivity contribution in [2.45, 2.75) is 13.0 Å². The average molecular weight is 275 g/mol. The van der Waals surface area contributed by atoms with Crippen LogP contribution in [0, 0.1) is 0 Å². The Bertz CT molecular complexity index is 398. The van der Waals surface area contributed by atoms with Crippen molar-refractivity contribution >= 4 is 29.9 Å². The lowest BCUT2D eigenvalue weighted by Gasteiger charge is -2.34. The molecule has 1 saturated heterocycles. The van der Waals surface area contributed by atoms with E-state index in [1.807, 2.05) is 17.0 Å². The molecular formula is C12H16Cl2N2O. The van der Waals surface area contributed by atoms with Gasteiger partial charge >= 0.3 is 0 Å². The summed E-state index contributed by atoms with van der Waals surface area (Å²) in [6.45, 7) is 4.52. The van der Waals surface area contributed by atoms with Gasteiger partial charge in [-0.25, -0.2) is 0 Å². The van der Waals surface area contributed by atoms with E-state index in [2.05, 4.69) is 12.2 Å². The minimum Gasteiger partial charge on any atom is -0.333 e. The first kappa shape index (κ1) is 14.3. The third-order valence-corrected chi connectivity index (χ3v) is 3.07. The summed E-state index contributed by atoms with van der Waals surface area (Å²) in [7, 11) is 0. The maximum Gasteiger partial charge on any atom is 0.254 e. The largest absolute Gasteiger partial charge is 0.333 e. The van der Waals surface area contributed by atoms with Crippen LogP contribution >= 0.6 is 24.0 Å². The number of benzene rings is 1. The first-order chi connectivity index (χ1) is 7.68. The van der Waals surface area contributed by atoms with E-state index in [-0.39, 0.29) is 24.4 Å². The lowest BCUT2D eigenvalue weighted by molar-refractivity contribution is 0.0656. The highest BCUT2D eigenvalue weighted by molar-refractivity contribution is 6.30. The molecule has 1 aliphatic rings. The molecule has 5 heteroatoms. The summed E-state index contributed by atoms with van der Waals surface area (Å²) in [6.07, 6.45) is 0. The third-order valence-electron chi connectivity index (χ3n) is 2.83. The van der Waals surface area contributed by atoms with E-state index >= 15 is 0 Å². The van der Waals surface area contributed by atoms with Gasteiger partial charge in [0.15, 0.2) is 0 Å². The van der Waals surface area contributed by atoms with E-state index in [0.29, 0.717) is 10.6 Å². The van der Waals surface area contributed by atoms with Gasteiger partial charge in [0.1, 0.15) is 0 Å². The Morgan fingerprint density at radius 1 is 1.53 bits per heavy atom. The molecular weight excluding hydrogens is 259 g/mol. The van der Waals surface area contributed by atoms with Crippen LogP contribution in [0.25, 0.3) is 0 Å². The summed E-state index contributed by atoms with van der Waals surface area (Å²) < 4.78 is 0. The number of amides is 1. The van der Waals surface area contributed by atoms with Gasteiger partial charge in [-0.05, 0) is 25.1 Å². The van der Waals surface area contributed by atoms with Crippen LogP contribution in [-0.4, -0.2) is 36.5 Å². The van der Waals surface area contributed by atoms with Crippen LogP contribution in [0.15, 0.2) is 24.3 Å². The number of rotatable bonds is 1. The second-order valence-corrected chi connectivity index (χ2v) is 4.50. The zero-order valence-corrected chi connectivity index (χ0v) is 11.2. The minimum absolute atomic E-state index is 0. The lowest BCUT2D eigenvalue weighted by Crippen LogP contribution is -2.52. The Labute approximate surface area is 113 Å². The highest BCUT2D eigenvalue weighted by Crippen LogP contribution is 2.14.